The zero-order chi connectivity index (χ0) is 14.3. The molecule has 0 amide bonds. The van der Waals surface area contributed by atoms with Crippen LogP contribution in [0.5, 0.6) is 0 Å². The van der Waals surface area contributed by atoms with Gasteiger partial charge in [0.25, 0.3) is 6.43 Å². The first-order chi connectivity index (χ1) is 9.04. The number of alkyl halides is 2. The molecule has 108 valence electrons. The van der Waals surface area contributed by atoms with Gasteiger partial charge in [0.1, 0.15) is 12.4 Å². The number of rotatable bonds is 8. The Morgan fingerprint density at radius 1 is 1.32 bits per heavy atom. The van der Waals surface area contributed by atoms with E-state index in [9.17, 15) is 13.2 Å². The van der Waals surface area contributed by atoms with Crippen LogP contribution in [0, 0.1) is 12.7 Å². The molecule has 0 fully saturated rings. The van der Waals surface area contributed by atoms with Crippen LogP contribution in [0.1, 0.15) is 30.5 Å². The Morgan fingerprint density at radius 2 is 2.05 bits per heavy atom. The van der Waals surface area contributed by atoms with Gasteiger partial charge in [-0.15, -0.1) is 0 Å². The van der Waals surface area contributed by atoms with E-state index in [1.54, 1.807) is 6.07 Å². The van der Waals surface area contributed by atoms with Crippen molar-refractivity contribution in [1.82, 2.24) is 5.32 Å². The zero-order valence-electron chi connectivity index (χ0n) is 11.3. The van der Waals surface area contributed by atoms with Gasteiger partial charge in [0.15, 0.2) is 0 Å². The van der Waals surface area contributed by atoms with E-state index in [2.05, 4.69) is 5.32 Å². The van der Waals surface area contributed by atoms with Gasteiger partial charge in [-0.2, -0.15) is 0 Å². The molecule has 1 aromatic carbocycles. The maximum Gasteiger partial charge on any atom is 0.261 e. The molecule has 1 aromatic rings. The summed E-state index contributed by atoms with van der Waals surface area (Å²) in [6.07, 6.45) is -1.92. The van der Waals surface area contributed by atoms with Crippen molar-refractivity contribution in [3.8, 4) is 0 Å². The standard InChI is InChI=1S/C14H20F3NO/c1-3-18-13(6-7-19-9-14(16)17)12-8-11(15)5-4-10(12)2/h4-5,8,13-14,18H,3,6-7,9H2,1-2H3. The van der Waals surface area contributed by atoms with Crippen LogP contribution in [0.2, 0.25) is 0 Å². The minimum atomic E-state index is -2.45. The van der Waals surface area contributed by atoms with Crippen molar-refractivity contribution in [1.29, 1.82) is 0 Å². The van der Waals surface area contributed by atoms with E-state index in [-0.39, 0.29) is 18.5 Å². The number of halogens is 3. The van der Waals surface area contributed by atoms with E-state index >= 15 is 0 Å². The summed E-state index contributed by atoms with van der Waals surface area (Å²) in [7, 11) is 0. The molecule has 19 heavy (non-hydrogen) atoms. The Kier molecular flexibility index (Phi) is 6.87. The molecule has 0 aliphatic rings. The van der Waals surface area contributed by atoms with Gasteiger partial charge in [-0.3, -0.25) is 0 Å². The van der Waals surface area contributed by atoms with E-state index < -0.39 is 13.0 Å². The topological polar surface area (TPSA) is 21.3 Å². The van der Waals surface area contributed by atoms with Gasteiger partial charge < -0.3 is 10.1 Å². The SMILES string of the molecule is CCNC(CCOCC(F)F)c1cc(F)ccc1C. The monoisotopic (exact) mass is 275 g/mol. The van der Waals surface area contributed by atoms with Gasteiger partial charge >= 0.3 is 0 Å². The van der Waals surface area contributed by atoms with Gasteiger partial charge in [0.05, 0.1) is 0 Å². The average molecular weight is 275 g/mol. The molecule has 0 saturated heterocycles. The molecule has 5 heteroatoms. The lowest BCUT2D eigenvalue weighted by Gasteiger charge is -2.20. The Morgan fingerprint density at radius 3 is 2.68 bits per heavy atom. The fourth-order valence-corrected chi connectivity index (χ4v) is 1.97. The molecule has 1 atom stereocenters. The van der Waals surface area contributed by atoms with Crippen LogP contribution < -0.4 is 5.32 Å². The van der Waals surface area contributed by atoms with Crippen LogP contribution in [0.15, 0.2) is 18.2 Å². The molecule has 1 N–H and O–H groups in total. The molecule has 0 saturated carbocycles. The van der Waals surface area contributed by atoms with Crippen LogP contribution in [-0.4, -0.2) is 26.2 Å². The van der Waals surface area contributed by atoms with Crippen molar-refractivity contribution >= 4 is 0 Å². The smallest absolute Gasteiger partial charge is 0.261 e. The van der Waals surface area contributed by atoms with Crippen molar-refractivity contribution < 1.29 is 17.9 Å². The largest absolute Gasteiger partial charge is 0.375 e. The van der Waals surface area contributed by atoms with Gasteiger partial charge in [-0.1, -0.05) is 13.0 Å². The lowest BCUT2D eigenvalue weighted by atomic mass is 9.99. The highest BCUT2D eigenvalue weighted by Crippen LogP contribution is 2.22. The summed E-state index contributed by atoms with van der Waals surface area (Å²) in [4.78, 5) is 0. The van der Waals surface area contributed by atoms with E-state index in [0.29, 0.717) is 6.42 Å². The number of ether oxygens (including phenoxy) is 1. The minimum Gasteiger partial charge on any atom is -0.375 e. The van der Waals surface area contributed by atoms with Gasteiger partial charge in [-0.25, -0.2) is 13.2 Å². The normalized spacial score (nSPS) is 12.9. The number of benzene rings is 1. The van der Waals surface area contributed by atoms with E-state index in [0.717, 1.165) is 17.7 Å². The van der Waals surface area contributed by atoms with Crippen LogP contribution in [0.25, 0.3) is 0 Å². The second-order valence-corrected chi connectivity index (χ2v) is 4.37. The lowest BCUT2D eigenvalue weighted by molar-refractivity contribution is 0.0144. The molecular weight excluding hydrogens is 255 g/mol. The van der Waals surface area contributed by atoms with E-state index in [4.69, 9.17) is 4.74 Å². The lowest BCUT2D eigenvalue weighted by Crippen LogP contribution is -2.23. The highest BCUT2D eigenvalue weighted by Gasteiger charge is 2.14. The van der Waals surface area contributed by atoms with Crippen LogP contribution in [0.4, 0.5) is 13.2 Å². The summed E-state index contributed by atoms with van der Waals surface area (Å²) >= 11 is 0. The number of nitrogens with one attached hydrogen (secondary N) is 1. The third-order valence-electron chi connectivity index (χ3n) is 2.86. The average Bonchev–Trinajstić information content (AvgIpc) is 2.36. The molecule has 0 heterocycles. The van der Waals surface area contributed by atoms with Crippen molar-refractivity contribution in [2.45, 2.75) is 32.7 Å². The van der Waals surface area contributed by atoms with Crippen molar-refractivity contribution in [3.63, 3.8) is 0 Å². The zero-order valence-corrected chi connectivity index (χ0v) is 11.3. The first-order valence-electron chi connectivity index (χ1n) is 6.40. The predicted octanol–water partition coefficient (Wildman–Crippen LogP) is 3.46. The molecule has 0 bridgehead atoms. The van der Waals surface area contributed by atoms with Crippen molar-refractivity contribution in [2.24, 2.45) is 0 Å². The number of hydrogen-bond acceptors (Lipinski definition) is 2. The first-order valence-corrected chi connectivity index (χ1v) is 6.40. The van der Waals surface area contributed by atoms with Crippen LogP contribution >= 0.6 is 0 Å². The van der Waals surface area contributed by atoms with Gasteiger partial charge in [-0.05, 0) is 43.1 Å². The van der Waals surface area contributed by atoms with E-state index in [1.807, 2.05) is 13.8 Å². The summed E-state index contributed by atoms with van der Waals surface area (Å²) in [5.74, 6) is -0.294. The second kappa shape index (κ2) is 8.17. The molecule has 0 aliphatic carbocycles. The van der Waals surface area contributed by atoms with Crippen LogP contribution in [-0.2, 0) is 4.74 Å². The Balaban J connectivity index is 2.63. The fraction of sp³-hybridized carbons (Fsp3) is 0.571. The summed E-state index contributed by atoms with van der Waals surface area (Å²) < 4.78 is 42.1. The Bertz CT molecular complexity index is 385. The molecule has 0 spiro atoms. The summed E-state index contributed by atoms with van der Waals surface area (Å²) in [6, 6.07) is 4.53. The quantitative estimate of drug-likeness (QED) is 0.734. The third kappa shape index (κ3) is 5.61. The second-order valence-electron chi connectivity index (χ2n) is 4.37. The first kappa shape index (κ1) is 16.0. The highest BCUT2D eigenvalue weighted by molar-refractivity contribution is 5.29. The molecule has 1 unspecified atom stereocenters. The van der Waals surface area contributed by atoms with Gasteiger partial charge in [0.2, 0.25) is 0 Å². The molecule has 2 nitrogen and oxygen atoms in total. The highest BCUT2D eigenvalue weighted by atomic mass is 19.3. The molecule has 0 aliphatic heterocycles. The summed E-state index contributed by atoms with van der Waals surface area (Å²) in [5, 5.41) is 3.22. The summed E-state index contributed by atoms with van der Waals surface area (Å²) in [5.41, 5.74) is 1.82. The molecule has 1 rings (SSSR count). The predicted molar refractivity (Wildman–Crippen MR) is 69.0 cm³/mol. The maximum atomic E-state index is 13.3. The van der Waals surface area contributed by atoms with Crippen LogP contribution in [0.3, 0.4) is 0 Å². The molecule has 0 radical (unpaired) electrons. The van der Waals surface area contributed by atoms with Crippen molar-refractivity contribution in [2.75, 3.05) is 19.8 Å². The Labute approximate surface area is 112 Å². The third-order valence-corrected chi connectivity index (χ3v) is 2.86. The minimum absolute atomic E-state index is 0.0848. The summed E-state index contributed by atoms with van der Waals surface area (Å²) in [6.45, 7) is 4.23. The number of hydrogen-bond donors (Lipinski definition) is 1. The maximum absolute atomic E-state index is 13.3. The molecule has 0 aromatic heterocycles. The molecular formula is C14H20F3NO. The van der Waals surface area contributed by atoms with Gasteiger partial charge in [0, 0.05) is 12.6 Å². The number of aryl methyl sites for hydroxylation is 1. The fourth-order valence-electron chi connectivity index (χ4n) is 1.97. The van der Waals surface area contributed by atoms with Crippen molar-refractivity contribution in [3.05, 3.63) is 35.1 Å². The van der Waals surface area contributed by atoms with E-state index in [1.165, 1.54) is 12.1 Å². The Hall–Kier alpha value is -1.07.